The summed E-state index contributed by atoms with van der Waals surface area (Å²) in [5.41, 5.74) is 3.24. The smallest absolute Gasteiger partial charge is 0.144 e. The van der Waals surface area contributed by atoms with Crippen LogP contribution in [0.3, 0.4) is 0 Å². The quantitative estimate of drug-likeness (QED) is 0.561. The van der Waals surface area contributed by atoms with Crippen molar-refractivity contribution in [3.05, 3.63) is 35.1 Å². The predicted octanol–water partition coefficient (Wildman–Crippen LogP) is 4.44. The van der Waals surface area contributed by atoms with Gasteiger partial charge in [0.05, 0.1) is 29.9 Å². The van der Waals surface area contributed by atoms with Crippen molar-refractivity contribution in [1.82, 2.24) is 20.2 Å². The lowest BCUT2D eigenvalue weighted by Crippen LogP contribution is -2.09. The van der Waals surface area contributed by atoms with Gasteiger partial charge in [0.15, 0.2) is 0 Å². The number of methoxy groups -OCH3 is 1. The van der Waals surface area contributed by atoms with Crippen LogP contribution in [-0.2, 0) is 12.8 Å². The second-order valence-corrected chi connectivity index (χ2v) is 7.97. The van der Waals surface area contributed by atoms with Gasteiger partial charge in [-0.05, 0) is 36.8 Å². The van der Waals surface area contributed by atoms with E-state index in [1.807, 2.05) is 18.3 Å². The van der Waals surface area contributed by atoms with Gasteiger partial charge in [0.25, 0.3) is 0 Å². The first-order valence-corrected chi connectivity index (χ1v) is 9.58. The van der Waals surface area contributed by atoms with Gasteiger partial charge in [0, 0.05) is 16.3 Å². The average molecular weight is 365 g/mol. The molecule has 132 valence electrons. The number of rotatable bonds is 3. The molecule has 0 bridgehead atoms. The molecule has 0 radical (unpaired) electrons. The number of nitrogens with one attached hydrogen (secondary N) is 2. The molecule has 4 aromatic rings. The van der Waals surface area contributed by atoms with Crippen LogP contribution >= 0.6 is 11.3 Å². The molecule has 0 unspecified atom stereocenters. The van der Waals surface area contributed by atoms with Crippen molar-refractivity contribution in [2.75, 3.05) is 12.4 Å². The SMILES string of the molecule is COc1cc2[nH]ncc2cc1Nc1ncnc2sc3c(c12)CC[C@@H](C)C3. The molecule has 0 saturated carbocycles. The largest absolute Gasteiger partial charge is 0.494 e. The summed E-state index contributed by atoms with van der Waals surface area (Å²) in [7, 11) is 1.67. The lowest BCUT2D eigenvalue weighted by molar-refractivity contribution is 0.417. The molecule has 3 aromatic heterocycles. The fraction of sp³-hybridized carbons (Fsp3) is 0.316. The van der Waals surface area contributed by atoms with Crippen LogP contribution in [0.4, 0.5) is 11.5 Å². The number of aryl methyl sites for hydroxylation is 1. The molecule has 0 spiro atoms. The summed E-state index contributed by atoms with van der Waals surface area (Å²) in [6.07, 6.45) is 6.90. The number of hydrogen-bond acceptors (Lipinski definition) is 6. The maximum Gasteiger partial charge on any atom is 0.144 e. The van der Waals surface area contributed by atoms with E-state index in [0.29, 0.717) is 0 Å². The molecule has 1 atom stereocenters. The standard InChI is InChI=1S/C19H19N5OS/c1-10-3-4-12-16(5-10)26-19-17(12)18(20-9-21-19)23-14-6-11-8-22-24-13(11)7-15(14)25-2/h6-10H,3-5H2,1-2H3,(H,22,24)(H,20,21,23)/t10-/m1/s1. The topological polar surface area (TPSA) is 75.7 Å². The molecule has 6 nitrogen and oxygen atoms in total. The second-order valence-electron chi connectivity index (χ2n) is 6.89. The minimum atomic E-state index is 0.739. The van der Waals surface area contributed by atoms with Crippen molar-refractivity contribution in [2.24, 2.45) is 5.92 Å². The second kappa shape index (κ2) is 5.95. The molecule has 26 heavy (non-hydrogen) atoms. The highest BCUT2D eigenvalue weighted by Crippen LogP contribution is 2.41. The van der Waals surface area contributed by atoms with Crippen LogP contribution < -0.4 is 10.1 Å². The van der Waals surface area contributed by atoms with E-state index in [0.717, 1.165) is 57.1 Å². The minimum Gasteiger partial charge on any atom is -0.494 e. The van der Waals surface area contributed by atoms with E-state index >= 15 is 0 Å². The first-order valence-electron chi connectivity index (χ1n) is 8.76. The van der Waals surface area contributed by atoms with Gasteiger partial charge >= 0.3 is 0 Å². The summed E-state index contributed by atoms with van der Waals surface area (Å²) in [5, 5.41) is 12.7. The van der Waals surface area contributed by atoms with Crippen molar-refractivity contribution >= 4 is 44.0 Å². The van der Waals surface area contributed by atoms with Gasteiger partial charge in [-0.15, -0.1) is 11.3 Å². The van der Waals surface area contributed by atoms with Gasteiger partial charge in [-0.3, -0.25) is 5.10 Å². The first kappa shape index (κ1) is 15.6. The summed E-state index contributed by atoms with van der Waals surface area (Å²) >= 11 is 1.80. The molecule has 3 heterocycles. The molecule has 1 aromatic carbocycles. The van der Waals surface area contributed by atoms with Crippen LogP contribution in [0.5, 0.6) is 5.75 Å². The molecule has 7 heteroatoms. The molecule has 0 aliphatic heterocycles. The Morgan fingerprint density at radius 3 is 3.12 bits per heavy atom. The number of benzene rings is 1. The number of hydrogen-bond donors (Lipinski definition) is 2. The predicted molar refractivity (Wildman–Crippen MR) is 105 cm³/mol. The number of ether oxygens (including phenoxy) is 1. The Kier molecular flexibility index (Phi) is 3.56. The van der Waals surface area contributed by atoms with Gasteiger partial charge in [0.1, 0.15) is 22.7 Å². The van der Waals surface area contributed by atoms with Gasteiger partial charge in [-0.1, -0.05) is 6.92 Å². The van der Waals surface area contributed by atoms with Crippen molar-refractivity contribution in [3.63, 3.8) is 0 Å². The third-order valence-corrected chi connectivity index (χ3v) is 6.27. The van der Waals surface area contributed by atoms with Gasteiger partial charge in [-0.2, -0.15) is 5.10 Å². The van der Waals surface area contributed by atoms with Crippen molar-refractivity contribution < 1.29 is 4.74 Å². The number of nitrogens with zero attached hydrogens (tertiary/aromatic N) is 3. The molecular formula is C19H19N5OS. The van der Waals surface area contributed by atoms with Crippen molar-refractivity contribution in [3.8, 4) is 5.75 Å². The Hall–Kier alpha value is -2.67. The zero-order chi connectivity index (χ0) is 17.7. The third kappa shape index (κ3) is 2.42. The lowest BCUT2D eigenvalue weighted by Gasteiger charge is -2.18. The fourth-order valence-electron chi connectivity index (χ4n) is 3.74. The molecule has 0 amide bonds. The fourth-order valence-corrected chi connectivity index (χ4v) is 5.09. The molecular weight excluding hydrogens is 346 g/mol. The molecule has 2 N–H and O–H groups in total. The molecule has 0 saturated heterocycles. The molecule has 0 fully saturated rings. The third-order valence-electron chi connectivity index (χ3n) is 5.11. The van der Waals surface area contributed by atoms with E-state index in [9.17, 15) is 0 Å². The van der Waals surface area contributed by atoms with E-state index in [4.69, 9.17) is 4.74 Å². The summed E-state index contributed by atoms with van der Waals surface area (Å²) in [4.78, 5) is 11.6. The highest BCUT2D eigenvalue weighted by Gasteiger charge is 2.23. The van der Waals surface area contributed by atoms with Crippen LogP contribution in [0.15, 0.2) is 24.7 Å². The number of aromatic nitrogens is 4. The van der Waals surface area contributed by atoms with Gasteiger partial charge < -0.3 is 10.1 Å². The summed E-state index contributed by atoms with van der Waals surface area (Å²) in [6, 6.07) is 3.99. The van der Waals surface area contributed by atoms with Crippen molar-refractivity contribution in [1.29, 1.82) is 0 Å². The van der Waals surface area contributed by atoms with Gasteiger partial charge in [0.2, 0.25) is 0 Å². The van der Waals surface area contributed by atoms with E-state index in [1.54, 1.807) is 24.8 Å². The lowest BCUT2D eigenvalue weighted by atomic mass is 9.89. The highest BCUT2D eigenvalue weighted by atomic mass is 32.1. The average Bonchev–Trinajstić information content (AvgIpc) is 3.24. The van der Waals surface area contributed by atoms with E-state index < -0.39 is 0 Å². The Balaban J connectivity index is 1.64. The molecule has 1 aliphatic rings. The zero-order valence-electron chi connectivity index (χ0n) is 14.7. The van der Waals surface area contributed by atoms with Crippen molar-refractivity contribution in [2.45, 2.75) is 26.2 Å². The van der Waals surface area contributed by atoms with E-state index in [1.165, 1.54) is 16.9 Å². The van der Waals surface area contributed by atoms with Crippen LogP contribution in [0.1, 0.15) is 23.8 Å². The molecule has 5 rings (SSSR count). The van der Waals surface area contributed by atoms with E-state index in [-0.39, 0.29) is 0 Å². The number of aromatic amines is 1. The Labute approximate surface area is 154 Å². The number of anilines is 2. The number of fused-ring (bicyclic) bond motifs is 4. The zero-order valence-corrected chi connectivity index (χ0v) is 15.5. The number of thiophene rings is 1. The van der Waals surface area contributed by atoms with Gasteiger partial charge in [-0.25, -0.2) is 9.97 Å². The Morgan fingerprint density at radius 1 is 1.31 bits per heavy atom. The maximum atomic E-state index is 5.56. The first-order chi connectivity index (χ1) is 12.7. The number of H-pyrrole nitrogens is 1. The maximum absolute atomic E-state index is 5.56. The molecule has 1 aliphatic carbocycles. The Bertz CT molecular complexity index is 1120. The summed E-state index contributed by atoms with van der Waals surface area (Å²) < 4.78 is 5.56. The van der Waals surface area contributed by atoms with Crippen LogP contribution in [0.25, 0.3) is 21.1 Å². The van der Waals surface area contributed by atoms with E-state index in [2.05, 4.69) is 32.4 Å². The Morgan fingerprint density at radius 2 is 2.23 bits per heavy atom. The van der Waals surface area contributed by atoms with Crippen LogP contribution in [0, 0.1) is 5.92 Å². The summed E-state index contributed by atoms with van der Waals surface area (Å²) in [6.45, 7) is 2.32. The minimum absolute atomic E-state index is 0.739. The van der Waals surface area contributed by atoms with Crippen LogP contribution in [-0.4, -0.2) is 27.3 Å². The van der Waals surface area contributed by atoms with Crippen LogP contribution in [0.2, 0.25) is 0 Å². The summed E-state index contributed by atoms with van der Waals surface area (Å²) in [5.74, 6) is 2.35. The monoisotopic (exact) mass is 365 g/mol. The normalized spacial score (nSPS) is 16.8. The highest BCUT2D eigenvalue weighted by molar-refractivity contribution is 7.19.